The molecule has 0 saturated heterocycles. The van der Waals surface area contributed by atoms with E-state index < -0.39 is 34.8 Å². The monoisotopic (exact) mass is 351 g/mol. The molecule has 0 aliphatic rings. The van der Waals surface area contributed by atoms with E-state index in [1.54, 1.807) is 0 Å². The number of rotatable bonds is 8. The summed E-state index contributed by atoms with van der Waals surface area (Å²) in [5.74, 6) is -2.33. The summed E-state index contributed by atoms with van der Waals surface area (Å²) in [6.45, 7) is -0.593. The van der Waals surface area contributed by atoms with Crippen LogP contribution >= 0.6 is 0 Å². The standard InChI is InChI=1S/C12H16N2O6S.ClH/c13-9-1-3-10(4-2-9)21(19,20)14(7-5-11(15)16)8-6-12(17)18;/h1-4H,5-8,13H2,(H,15,16)(H,17,18);1H/p-1. The van der Waals surface area contributed by atoms with Crippen molar-refractivity contribution in [1.82, 2.24) is 4.31 Å². The highest BCUT2D eigenvalue weighted by molar-refractivity contribution is 7.89. The van der Waals surface area contributed by atoms with Crippen molar-refractivity contribution < 1.29 is 40.6 Å². The number of carboxylic acids is 2. The van der Waals surface area contributed by atoms with Crippen LogP contribution in [0, 0.1) is 0 Å². The van der Waals surface area contributed by atoms with Crippen LogP contribution in [-0.2, 0) is 19.6 Å². The van der Waals surface area contributed by atoms with Crippen LogP contribution in [0.1, 0.15) is 12.8 Å². The van der Waals surface area contributed by atoms with Gasteiger partial charge in [0, 0.05) is 18.8 Å². The minimum absolute atomic E-state index is 0. The van der Waals surface area contributed by atoms with E-state index in [9.17, 15) is 18.0 Å². The largest absolute Gasteiger partial charge is 1.00 e. The Balaban J connectivity index is 0.00000441. The second kappa shape index (κ2) is 8.57. The number of nitrogens with zero attached hydrogens (tertiary/aromatic N) is 1. The van der Waals surface area contributed by atoms with E-state index in [0.29, 0.717) is 5.69 Å². The molecule has 0 atom stereocenters. The first kappa shape index (κ1) is 20.2. The number of anilines is 1. The number of carbonyl (C=O) groups is 2. The first-order valence-corrected chi connectivity index (χ1v) is 7.47. The Morgan fingerprint density at radius 3 is 1.77 bits per heavy atom. The van der Waals surface area contributed by atoms with Gasteiger partial charge in [0.05, 0.1) is 17.7 Å². The molecule has 0 fully saturated rings. The number of nitrogen functional groups attached to an aromatic ring is 1. The molecule has 1 aromatic carbocycles. The maximum atomic E-state index is 12.4. The summed E-state index contributed by atoms with van der Waals surface area (Å²) in [4.78, 5) is 21.1. The van der Waals surface area contributed by atoms with Gasteiger partial charge in [-0.25, -0.2) is 8.42 Å². The normalized spacial score (nSPS) is 11.0. The van der Waals surface area contributed by atoms with E-state index in [0.717, 1.165) is 4.31 Å². The molecule has 0 aliphatic carbocycles. The molecule has 124 valence electrons. The maximum absolute atomic E-state index is 12.4. The number of aliphatic carboxylic acids is 2. The smallest absolute Gasteiger partial charge is 0.304 e. The number of benzene rings is 1. The zero-order valence-corrected chi connectivity index (χ0v) is 13.0. The van der Waals surface area contributed by atoms with E-state index in [1.165, 1.54) is 24.3 Å². The minimum atomic E-state index is -3.96. The van der Waals surface area contributed by atoms with Gasteiger partial charge in [-0.2, -0.15) is 4.31 Å². The molecule has 10 heteroatoms. The molecular formula is C12H16ClN2O6S-. The molecule has 0 saturated carbocycles. The molecule has 0 bridgehead atoms. The number of halogens is 1. The Bertz CT molecular complexity index is 599. The van der Waals surface area contributed by atoms with Crippen molar-refractivity contribution in [1.29, 1.82) is 0 Å². The Hall–Kier alpha value is -1.84. The molecule has 0 heterocycles. The van der Waals surface area contributed by atoms with E-state index in [1.807, 2.05) is 0 Å². The predicted octanol–water partition coefficient (Wildman–Crippen LogP) is -2.79. The second-order valence-corrected chi connectivity index (χ2v) is 6.20. The summed E-state index contributed by atoms with van der Waals surface area (Å²) >= 11 is 0. The van der Waals surface area contributed by atoms with Crippen LogP contribution in [0.25, 0.3) is 0 Å². The Morgan fingerprint density at radius 1 is 1.00 bits per heavy atom. The molecule has 0 unspecified atom stereocenters. The van der Waals surface area contributed by atoms with Crippen LogP contribution in [0.3, 0.4) is 0 Å². The van der Waals surface area contributed by atoms with Crippen molar-refractivity contribution in [3.05, 3.63) is 24.3 Å². The first-order valence-electron chi connectivity index (χ1n) is 6.03. The number of nitrogens with two attached hydrogens (primary N) is 1. The number of sulfonamides is 1. The molecule has 8 nitrogen and oxygen atoms in total. The summed E-state index contributed by atoms with van der Waals surface area (Å²) in [6, 6.07) is 5.39. The second-order valence-electron chi connectivity index (χ2n) is 4.26. The summed E-state index contributed by atoms with van der Waals surface area (Å²) in [5.41, 5.74) is 5.86. The van der Waals surface area contributed by atoms with Gasteiger partial charge < -0.3 is 28.4 Å². The molecule has 0 radical (unpaired) electrons. The maximum Gasteiger partial charge on any atom is 0.304 e. The van der Waals surface area contributed by atoms with Crippen LogP contribution in [0.2, 0.25) is 0 Å². The van der Waals surface area contributed by atoms with Gasteiger partial charge in [0.25, 0.3) is 0 Å². The first-order chi connectivity index (χ1) is 9.73. The zero-order chi connectivity index (χ0) is 16.0. The van der Waals surface area contributed by atoms with Crippen LogP contribution in [0.5, 0.6) is 0 Å². The lowest BCUT2D eigenvalue weighted by Gasteiger charge is -2.20. The lowest BCUT2D eigenvalue weighted by molar-refractivity contribution is -0.137. The fraction of sp³-hybridized carbons (Fsp3) is 0.333. The van der Waals surface area contributed by atoms with Gasteiger partial charge in [-0.3, -0.25) is 9.59 Å². The summed E-state index contributed by atoms with van der Waals surface area (Å²) in [7, 11) is -3.96. The van der Waals surface area contributed by atoms with E-state index in [2.05, 4.69) is 0 Å². The van der Waals surface area contributed by atoms with Gasteiger partial charge in [-0.05, 0) is 24.3 Å². The predicted molar refractivity (Wildman–Crippen MR) is 74.1 cm³/mol. The molecule has 0 amide bonds. The Morgan fingerprint density at radius 2 is 1.41 bits per heavy atom. The van der Waals surface area contributed by atoms with Crippen molar-refractivity contribution >= 4 is 27.6 Å². The molecule has 22 heavy (non-hydrogen) atoms. The highest BCUT2D eigenvalue weighted by Gasteiger charge is 2.25. The Kier molecular flexibility index (Phi) is 7.85. The summed E-state index contributed by atoms with van der Waals surface area (Å²) in [6.07, 6.45) is -0.818. The zero-order valence-electron chi connectivity index (χ0n) is 11.5. The Labute approximate surface area is 134 Å². The third-order valence-electron chi connectivity index (χ3n) is 2.67. The quantitative estimate of drug-likeness (QED) is 0.430. The van der Waals surface area contributed by atoms with Gasteiger partial charge in [0.2, 0.25) is 10.0 Å². The van der Waals surface area contributed by atoms with Gasteiger partial charge >= 0.3 is 11.9 Å². The molecule has 0 spiro atoms. The van der Waals surface area contributed by atoms with Gasteiger partial charge in [0.1, 0.15) is 0 Å². The van der Waals surface area contributed by atoms with Crippen molar-refractivity contribution in [2.45, 2.75) is 17.7 Å². The van der Waals surface area contributed by atoms with Crippen molar-refractivity contribution in [3.8, 4) is 0 Å². The van der Waals surface area contributed by atoms with Gasteiger partial charge in [-0.15, -0.1) is 0 Å². The molecule has 1 rings (SSSR count). The highest BCUT2D eigenvalue weighted by atomic mass is 35.5. The number of hydrogen-bond acceptors (Lipinski definition) is 5. The topological polar surface area (TPSA) is 138 Å². The summed E-state index contributed by atoms with van der Waals surface area (Å²) in [5, 5.41) is 17.3. The number of carboxylic acid groups (broad SMARTS) is 2. The third kappa shape index (κ3) is 5.88. The highest BCUT2D eigenvalue weighted by Crippen LogP contribution is 2.18. The molecule has 4 N–H and O–H groups in total. The average molecular weight is 352 g/mol. The molecule has 1 aromatic rings. The fourth-order valence-corrected chi connectivity index (χ4v) is 3.02. The van der Waals surface area contributed by atoms with Gasteiger partial charge in [0.15, 0.2) is 0 Å². The van der Waals surface area contributed by atoms with Crippen molar-refractivity contribution in [2.75, 3.05) is 18.8 Å². The van der Waals surface area contributed by atoms with Crippen LogP contribution in [0.4, 0.5) is 5.69 Å². The van der Waals surface area contributed by atoms with Crippen molar-refractivity contribution in [2.24, 2.45) is 0 Å². The summed E-state index contributed by atoms with van der Waals surface area (Å²) < 4.78 is 25.6. The average Bonchev–Trinajstić information content (AvgIpc) is 2.38. The molecule has 0 aliphatic heterocycles. The SMILES string of the molecule is Nc1ccc(S(=O)(=O)N(CCC(=O)O)CCC(=O)O)cc1.[Cl-]. The van der Waals surface area contributed by atoms with Crippen LogP contribution in [0.15, 0.2) is 29.2 Å². The van der Waals surface area contributed by atoms with Crippen LogP contribution in [-0.4, -0.2) is 48.0 Å². The third-order valence-corrected chi connectivity index (χ3v) is 4.58. The number of hydrogen-bond donors (Lipinski definition) is 3. The van der Waals surface area contributed by atoms with Crippen LogP contribution < -0.4 is 18.1 Å². The van der Waals surface area contributed by atoms with E-state index in [-0.39, 0.29) is 30.4 Å². The van der Waals surface area contributed by atoms with Gasteiger partial charge in [-0.1, -0.05) is 0 Å². The lowest BCUT2D eigenvalue weighted by atomic mass is 10.3. The van der Waals surface area contributed by atoms with Crippen molar-refractivity contribution in [3.63, 3.8) is 0 Å². The lowest BCUT2D eigenvalue weighted by Crippen LogP contribution is -3.00. The molecule has 0 aromatic heterocycles. The van der Waals surface area contributed by atoms with E-state index in [4.69, 9.17) is 15.9 Å². The molecular weight excluding hydrogens is 336 g/mol. The minimum Gasteiger partial charge on any atom is -1.00 e. The van der Waals surface area contributed by atoms with E-state index >= 15 is 0 Å². The fourth-order valence-electron chi connectivity index (χ4n) is 1.58.